The lowest BCUT2D eigenvalue weighted by molar-refractivity contribution is -0.387. The van der Waals surface area contributed by atoms with Crippen LogP contribution in [0.4, 0.5) is 33.2 Å². The van der Waals surface area contributed by atoms with E-state index in [1.807, 2.05) is 42.1 Å². The molecule has 9 nitrogen and oxygen atoms in total. The predicted molar refractivity (Wildman–Crippen MR) is 119 cm³/mol. The number of nitrogens with zero attached hydrogens (tertiary/aromatic N) is 4. The number of halogens is 2. The fourth-order valence-electron chi connectivity index (χ4n) is 3.06. The van der Waals surface area contributed by atoms with Crippen molar-refractivity contribution in [3.63, 3.8) is 0 Å². The molecular formula is C20H16BrFN6O3. The number of nitro benzene ring substituents is 1. The molecule has 4 rings (SSSR count). The van der Waals surface area contributed by atoms with Crippen molar-refractivity contribution >= 4 is 55.7 Å². The van der Waals surface area contributed by atoms with Crippen molar-refractivity contribution in [3.8, 4) is 5.75 Å². The van der Waals surface area contributed by atoms with E-state index in [0.717, 1.165) is 28.7 Å². The van der Waals surface area contributed by atoms with Gasteiger partial charge >= 0.3 is 5.69 Å². The molecule has 0 fully saturated rings. The molecule has 2 N–H and O–H groups in total. The van der Waals surface area contributed by atoms with Gasteiger partial charge in [0.15, 0.2) is 0 Å². The maximum atomic E-state index is 13.9. The second kappa shape index (κ2) is 8.19. The highest BCUT2D eigenvalue weighted by Crippen LogP contribution is 2.34. The zero-order valence-corrected chi connectivity index (χ0v) is 18.0. The topological polar surface area (TPSA) is 107 Å². The van der Waals surface area contributed by atoms with E-state index >= 15 is 0 Å². The average Bonchev–Trinajstić information content (AvgIpc) is 3.11. The van der Waals surface area contributed by atoms with Gasteiger partial charge in [-0.25, -0.2) is 4.98 Å². The summed E-state index contributed by atoms with van der Waals surface area (Å²) in [5.74, 6) is -0.299. The molecule has 2 aromatic carbocycles. The van der Waals surface area contributed by atoms with Crippen molar-refractivity contribution in [2.45, 2.75) is 0 Å². The summed E-state index contributed by atoms with van der Waals surface area (Å²) in [5, 5.41) is 18.3. The van der Waals surface area contributed by atoms with Gasteiger partial charge in [0.2, 0.25) is 11.8 Å². The third kappa shape index (κ3) is 4.12. The third-order valence-corrected chi connectivity index (χ3v) is 5.19. The first-order valence-corrected chi connectivity index (χ1v) is 9.78. The fraction of sp³-hybridized carbons (Fsp3) is 0.100. The lowest BCUT2D eigenvalue weighted by atomic mass is 10.2. The number of nitrogens with one attached hydrogen (secondary N) is 2. The Hall–Kier alpha value is -3.73. The van der Waals surface area contributed by atoms with E-state index in [1.165, 1.54) is 13.3 Å². The molecule has 0 atom stereocenters. The molecule has 0 bridgehead atoms. The first kappa shape index (κ1) is 20.5. The lowest BCUT2D eigenvalue weighted by Crippen LogP contribution is -2.04. The van der Waals surface area contributed by atoms with Crippen LogP contribution in [0.3, 0.4) is 0 Å². The van der Waals surface area contributed by atoms with Crippen molar-refractivity contribution in [1.82, 2.24) is 14.5 Å². The summed E-state index contributed by atoms with van der Waals surface area (Å²) >= 11 is 3.41. The molecule has 0 saturated carbocycles. The Morgan fingerprint density at radius 3 is 2.77 bits per heavy atom. The van der Waals surface area contributed by atoms with Crippen molar-refractivity contribution in [3.05, 3.63) is 69.2 Å². The number of benzene rings is 2. The van der Waals surface area contributed by atoms with Gasteiger partial charge in [0, 0.05) is 42.8 Å². The van der Waals surface area contributed by atoms with Crippen LogP contribution in [-0.4, -0.2) is 26.6 Å². The molecule has 0 saturated heterocycles. The predicted octanol–water partition coefficient (Wildman–Crippen LogP) is 5.27. The quantitative estimate of drug-likeness (QED) is 0.282. The molecular weight excluding hydrogens is 471 g/mol. The fourth-order valence-corrected chi connectivity index (χ4v) is 3.35. The Kier molecular flexibility index (Phi) is 5.42. The first-order valence-electron chi connectivity index (χ1n) is 8.99. The number of methoxy groups -OCH3 is 1. The number of fused-ring (bicyclic) bond motifs is 1. The van der Waals surface area contributed by atoms with E-state index in [2.05, 4.69) is 36.5 Å². The van der Waals surface area contributed by atoms with Crippen molar-refractivity contribution < 1.29 is 14.1 Å². The van der Waals surface area contributed by atoms with E-state index in [1.54, 1.807) is 0 Å². The molecule has 11 heteroatoms. The van der Waals surface area contributed by atoms with E-state index < -0.39 is 16.4 Å². The first-order chi connectivity index (χ1) is 14.9. The molecule has 0 aliphatic heterocycles. The van der Waals surface area contributed by atoms with Crippen molar-refractivity contribution in [2.24, 2.45) is 7.05 Å². The van der Waals surface area contributed by atoms with E-state index in [4.69, 9.17) is 4.74 Å². The highest BCUT2D eigenvalue weighted by molar-refractivity contribution is 9.10. The lowest BCUT2D eigenvalue weighted by Gasteiger charge is -2.13. The number of aromatic nitrogens is 3. The summed E-state index contributed by atoms with van der Waals surface area (Å²) in [6.07, 6.45) is 3.51. The van der Waals surface area contributed by atoms with Gasteiger partial charge in [0.1, 0.15) is 11.6 Å². The van der Waals surface area contributed by atoms with Crippen LogP contribution < -0.4 is 15.4 Å². The van der Waals surface area contributed by atoms with Crippen LogP contribution in [0, 0.1) is 15.9 Å². The molecule has 31 heavy (non-hydrogen) atoms. The molecule has 0 amide bonds. The van der Waals surface area contributed by atoms with Gasteiger partial charge in [0.25, 0.3) is 0 Å². The van der Waals surface area contributed by atoms with Crippen LogP contribution in [0.2, 0.25) is 0 Å². The number of hydrogen-bond acceptors (Lipinski definition) is 7. The normalized spacial score (nSPS) is 10.8. The minimum Gasteiger partial charge on any atom is -0.494 e. The Balaban J connectivity index is 1.65. The number of rotatable bonds is 6. The van der Waals surface area contributed by atoms with Gasteiger partial charge in [-0.05, 0) is 39.5 Å². The van der Waals surface area contributed by atoms with Gasteiger partial charge in [0.05, 0.1) is 22.2 Å². The molecule has 2 aromatic heterocycles. The van der Waals surface area contributed by atoms with Crippen LogP contribution in [0.25, 0.3) is 10.9 Å². The van der Waals surface area contributed by atoms with Gasteiger partial charge in [-0.1, -0.05) is 6.07 Å². The summed E-state index contributed by atoms with van der Waals surface area (Å²) < 4.78 is 21.6. The summed E-state index contributed by atoms with van der Waals surface area (Å²) in [4.78, 5) is 18.9. The molecule has 0 aliphatic rings. The van der Waals surface area contributed by atoms with Gasteiger partial charge in [-0.15, -0.1) is 0 Å². The summed E-state index contributed by atoms with van der Waals surface area (Å²) in [5.41, 5.74) is 1.34. The van der Waals surface area contributed by atoms with E-state index in [-0.39, 0.29) is 17.4 Å². The Bertz CT molecular complexity index is 1310. The summed E-state index contributed by atoms with van der Waals surface area (Å²) in [6.45, 7) is 0. The van der Waals surface area contributed by atoms with Crippen LogP contribution in [-0.2, 0) is 7.05 Å². The Labute approximate surface area is 184 Å². The maximum Gasteiger partial charge on any atom is 0.307 e. The summed E-state index contributed by atoms with van der Waals surface area (Å²) in [6, 6.07) is 9.91. The minimum absolute atomic E-state index is 0.0817. The smallest absolute Gasteiger partial charge is 0.307 e. The molecule has 0 radical (unpaired) electrons. The highest BCUT2D eigenvalue weighted by atomic mass is 79.9. The highest BCUT2D eigenvalue weighted by Gasteiger charge is 2.20. The van der Waals surface area contributed by atoms with Crippen molar-refractivity contribution in [2.75, 3.05) is 17.7 Å². The number of hydrogen-bond donors (Lipinski definition) is 2. The second-order valence-electron chi connectivity index (χ2n) is 6.60. The molecule has 0 spiro atoms. The standard InChI is InChI=1S/C20H16BrFN6O3/c1-27-6-5-11-3-4-12(7-16(11)27)24-19-13(21)10-23-20(26-19)25-15-9-17(28(29)30)14(22)8-18(15)31-2/h3-10H,1-2H3,(H2,23,24,25,26). The summed E-state index contributed by atoms with van der Waals surface area (Å²) in [7, 11) is 3.30. The molecule has 4 aromatic rings. The minimum atomic E-state index is -0.998. The molecule has 158 valence electrons. The Morgan fingerprint density at radius 1 is 1.23 bits per heavy atom. The van der Waals surface area contributed by atoms with Gasteiger partial charge < -0.3 is 19.9 Å². The van der Waals surface area contributed by atoms with Crippen LogP contribution in [0.15, 0.2) is 53.3 Å². The van der Waals surface area contributed by atoms with Crippen LogP contribution in [0.1, 0.15) is 0 Å². The number of nitro groups is 1. The van der Waals surface area contributed by atoms with Crippen LogP contribution >= 0.6 is 15.9 Å². The monoisotopic (exact) mass is 486 g/mol. The number of aryl methyl sites for hydroxylation is 1. The Morgan fingerprint density at radius 2 is 2.03 bits per heavy atom. The van der Waals surface area contributed by atoms with Gasteiger partial charge in [-0.3, -0.25) is 10.1 Å². The third-order valence-electron chi connectivity index (χ3n) is 4.61. The van der Waals surface area contributed by atoms with E-state index in [9.17, 15) is 14.5 Å². The zero-order valence-electron chi connectivity index (χ0n) is 16.4. The SMILES string of the molecule is COc1cc(F)c([N+](=O)[O-])cc1Nc1ncc(Br)c(Nc2ccc3ccn(C)c3c2)n1. The average molecular weight is 487 g/mol. The van der Waals surface area contributed by atoms with Crippen LogP contribution in [0.5, 0.6) is 5.75 Å². The number of anilines is 4. The largest absolute Gasteiger partial charge is 0.494 e. The van der Waals surface area contributed by atoms with Crippen molar-refractivity contribution in [1.29, 1.82) is 0 Å². The van der Waals surface area contributed by atoms with E-state index in [0.29, 0.717) is 10.3 Å². The maximum absolute atomic E-state index is 13.9. The van der Waals surface area contributed by atoms with Gasteiger partial charge in [-0.2, -0.15) is 9.37 Å². The zero-order chi connectivity index (χ0) is 22.1. The molecule has 0 unspecified atom stereocenters. The number of ether oxygens (including phenoxy) is 1. The second-order valence-corrected chi connectivity index (χ2v) is 7.46. The molecule has 2 heterocycles. The molecule has 0 aliphatic carbocycles.